The normalized spacial score (nSPS) is 12.3. The number of nitrogens with zero attached hydrogens (tertiary/aromatic N) is 1. The molecular weight excluding hydrogens is 319 g/mol. The average Bonchev–Trinajstić information content (AvgIpc) is 2.85. The Labute approximate surface area is 130 Å². The summed E-state index contributed by atoms with van der Waals surface area (Å²) in [5, 5.41) is 15.4. The van der Waals surface area contributed by atoms with Crippen LogP contribution in [0.25, 0.3) is 0 Å². The number of urea groups is 1. The number of nitrogens with one attached hydrogen (secondary N) is 2. The second kappa shape index (κ2) is 7.77. The van der Waals surface area contributed by atoms with Gasteiger partial charge in [0.1, 0.15) is 0 Å². The van der Waals surface area contributed by atoms with Gasteiger partial charge in [0.2, 0.25) is 0 Å². The first-order valence-corrected chi connectivity index (χ1v) is 7.66. The summed E-state index contributed by atoms with van der Waals surface area (Å²) in [6.07, 6.45) is -3.63. The van der Waals surface area contributed by atoms with Crippen molar-refractivity contribution in [1.82, 2.24) is 15.6 Å². The molecule has 0 saturated heterocycles. The van der Waals surface area contributed by atoms with E-state index in [1.54, 1.807) is 0 Å². The highest BCUT2D eigenvalue weighted by atomic mass is 32.1. The van der Waals surface area contributed by atoms with Gasteiger partial charge in [-0.3, -0.25) is 0 Å². The van der Waals surface area contributed by atoms with Crippen LogP contribution < -0.4 is 10.6 Å². The van der Waals surface area contributed by atoms with Gasteiger partial charge in [0.05, 0.1) is 5.01 Å². The molecule has 0 aliphatic carbocycles. The van der Waals surface area contributed by atoms with Gasteiger partial charge in [-0.2, -0.15) is 13.2 Å². The molecule has 0 spiro atoms. The second-order valence-electron chi connectivity index (χ2n) is 5.62. The summed E-state index contributed by atoms with van der Waals surface area (Å²) < 4.78 is 37.1. The lowest BCUT2D eigenvalue weighted by atomic mass is 9.90. The fourth-order valence-corrected chi connectivity index (χ4v) is 2.42. The minimum Gasteiger partial charge on any atom is -0.396 e. The van der Waals surface area contributed by atoms with Crippen LogP contribution >= 0.6 is 11.3 Å². The summed E-state index contributed by atoms with van der Waals surface area (Å²) in [5.41, 5.74) is -1.12. The molecule has 1 heterocycles. The number of thiazole rings is 1. The molecule has 0 unspecified atom stereocenters. The number of aliphatic hydroxyl groups excluding tert-OH is 1. The van der Waals surface area contributed by atoms with Gasteiger partial charge in [0.25, 0.3) is 0 Å². The molecular formula is C13H20F3N3O2S. The molecule has 0 aromatic carbocycles. The lowest BCUT2D eigenvalue weighted by Gasteiger charge is -2.23. The zero-order chi connectivity index (χ0) is 16.8. The number of alkyl halides is 3. The SMILES string of the molecule is CC(C)(CCO)CNC(=O)NCCc1nc(C(F)(F)F)cs1. The first-order valence-electron chi connectivity index (χ1n) is 6.78. The standard InChI is InChI=1S/C13H20F3N3O2S/c1-12(2,4-6-20)8-18-11(21)17-5-3-10-19-9(7-22-10)13(14,15)16/h7,20H,3-6,8H2,1-2H3,(H2,17,18,21). The predicted molar refractivity (Wildman–Crippen MR) is 77.7 cm³/mol. The monoisotopic (exact) mass is 339 g/mol. The van der Waals surface area contributed by atoms with Gasteiger partial charge < -0.3 is 15.7 Å². The van der Waals surface area contributed by atoms with Crippen molar-refractivity contribution < 1.29 is 23.1 Å². The van der Waals surface area contributed by atoms with Gasteiger partial charge >= 0.3 is 12.2 Å². The minimum absolute atomic E-state index is 0.0435. The molecule has 1 aromatic rings. The number of carbonyl (C=O) groups excluding carboxylic acids is 1. The summed E-state index contributed by atoms with van der Waals surface area (Å²) in [6.45, 7) is 4.48. The fourth-order valence-electron chi connectivity index (χ4n) is 1.61. The first kappa shape index (κ1) is 18.7. The van der Waals surface area contributed by atoms with E-state index in [4.69, 9.17) is 5.11 Å². The van der Waals surface area contributed by atoms with Gasteiger partial charge in [0.15, 0.2) is 5.69 Å². The van der Waals surface area contributed by atoms with E-state index in [-0.39, 0.29) is 25.0 Å². The molecule has 1 aromatic heterocycles. The van der Waals surface area contributed by atoms with Crippen molar-refractivity contribution in [3.05, 3.63) is 16.1 Å². The summed E-state index contributed by atoms with van der Waals surface area (Å²) >= 11 is 0.922. The lowest BCUT2D eigenvalue weighted by molar-refractivity contribution is -0.140. The minimum atomic E-state index is -4.43. The van der Waals surface area contributed by atoms with E-state index in [0.717, 1.165) is 16.7 Å². The number of hydrogen-bond donors (Lipinski definition) is 3. The maximum absolute atomic E-state index is 12.4. The maximum Gasteiger partial charge on any atom is 0.434 e. The molecule has 0 atom stereocenters. The van der Waals surface area contributed by atoms with Crippen LogP contribution in [0.15, 0.2) is 5.38 Å². The Morgan fingerprint density at radius 3 is 2.59 bits per heavy atom. The van der Waals surface area contributed by atoms with Crippen molar-refractivity contribution >= 4 is 17.4 Å². The third-order valence-electron chi connectivity index (χ3n) is 2.98. The van der Waals surface area contributed by atoms with Gasteiger partial charge in [-0.25, -0.2) is 9.78 Å². The van der Waals surface area contributed by atoms with E-state index in [0.29, 0.717) is 18.0 Å². The van der Waals surface area contributed by atoms with Crippen molar-refractivity contribution in [3.8, 4) is 0 Å². The Bertz CT molecular complexity index is 489. The molecule has 0 radical (unpaired) electrons. The van der Waals surface area contributed by atoms with Crippen LogP contribution in [0.3, 0.4) is 0 Å². The molecule has 3 N–H and O–H groups in total. The molecule has 0 aliphatic heterocycles. The van der Waals surface area contributed by atoms with Crippen molar-refractivity contribution in [2.75, 3.05) is 19.7 Å². The number of rotatable bonds is 7. The smallest absolute Gasteiger partial charge is 0.396 e. The van der Waals surface area contributed by atoms with E-state index in [2.05, 4.69) is 15.6 Å². The van der Waals surface area contributed by atoms with Crippen molar-refractivity contribution in [1.29, 1.82) is 0 Å². The summed E-state index contributed by atoms with van der Waals surface area (Å²) in [6, 6.07) is -0.390. The number of aromatic nitrogens is 1. The van der Waals surface area contributed by atoms with Gasteiger partial charge in [-0.05, 0) is 11.8 Å². The molecule has 5 nitrogen and oxygen atoms in total. The Hall–Kier alpha value is -1.35. The van der Waals surface area contributed by atoms with Crippen molar-refractivity contribution in [2.45, 2.75) is 32.9 Å². The number of halogens is 3. The first-order chi connectivity index (χ1) is 10.1. The quantitative estimate of drug-likeness (QED) is 0.714. The van der Waals surface area contributed by atoms with Crippen LogP contribution in [0.1, 0.15) is 31.0 Å². The number of hydrogen-bond acceptors (Lipinski definition) is 4. The Morgan fingerprint density at radius 1 is 1.36 bits per heavy atom. The van der Waals surface area contributed by atoms with E-state index >= 15 is 0 Å². The average molecular weight is 339 g/mol. The van der Waals surface area contributed by atoms with Crippen LogP contribution in [-0.4, -0.2) is 35.8 Å². The fraction of sp³-hybridized carbons (Fsp3) is 0.692. The van der Waals surface area contributed by atoms with Crippen molar-refractivity contribution in [3.63, 3.8) is 0 Å². The van der Waals surface area contributed by atoms with Crippen LogP contribution in [0.4, 0.5) is 18.0 Å². The summed E-state index contributed by atoms with van der Waals surface area (Å²) in [7, 11) is 0. The topological polar surface area (TPSA) is 74.2 Å². The van der Waals surface area contributed by atoms with E-state index in [1.807, 2.05) is 13.8 Å². The molecule has 0 aliphatic rings. The molecule has 9 heteroatoms. The largest absolute Gasteiger partial charge is 0.434 e. The van der Waals surface area contributed by atoms with Crippen LogP contribution in [0.5, 0.6) is 0 Å². The number of amides is 2. The van der Waals surface area contributed by atoms with Crippen LogP contribution in [0, 0.1) is 5.41 Å². The van der Waals surface area contributed by atoms with Gasteiger partial charge in [-0.15, -0.1) is 11.3 Å². The van der Waals surface area contributed by atoms with E-state index in [1.165, 1.54) is 0 Å². The van der Waals surface area contributed by atoms with Crippen molar-refractivity contribution in [2.24, 2.45) is 5.41 Å². The molecule has 22 heavy (non-hydrogen) atoms. The molecule has 0 fully saturated rings. The summed E-state index contributed by atoms with van der Waals surface area (Å²) in [4.78, 5) is 15.0. The van der Waals surface area contributed by atoms with Gasteiger partial charge in [0, 0.05) is 31.5 Å². The number of carbonyl (C=O) groups is 1. The van der Waals surface area contributed by atoms with Crippen LogP contribution in [0.2, 0.25) is 0 Å². The molecule has 0 saturated carbocycles. The van der Waals surface area contributed by atoms with Gasteiger partial charge in [-0.1, -0.05) is 13.8 Å². The summed E-state index contributed by atoms with van der Waals surface area (Å²) in [5.74, 6) is 0. The molecule has 2 amide bonds. The zero-order valence-corrected chi connectivity index (χ0v) is 13.3. The maximum atomic E-state index is 12.4. The number of aliphatic hydroxyl groups is 1. The zero-order valence-electron chi connectivity index (χ0n) is 12.5. The lowest BCUT2D eigenvalue weighted by Crippen LogP contribution is -2.41. The molecule has 126 valence electrons. The highest BCUT2D eigenvalue weighted by Crippen LogP contribution is 2.29. The van der Waals surface area contributed by atoms with E-state index < -0.39 is 17.9 Å². The highest BCUT2D eigenvalue weighted by molar-refractivity contribution is 7.09. The Balaban J connectivity index is 2.29. The Kier molecular flexibility index (Phi) is 6.61. The predicted octanol–water partition coefficient (Wildman–Crippen LogP) is 2.41. The molecule has 0 bridgehead atoms. The highest BCUT2D eigenvalue weighted by Gasteiger charge is 2.33. The molecule has 1 rings (SSSR count). The second-order valence-corrected chi connectivity index (χ2v) is 6.56. The third kappa shape index (κ3) is 6.61. The van der Waals surface area contributed by atoms with Crippen LogP contribution in [-0.2, 0) is 12.6 Å². The van der Waals surface area contributed by atoms with E-state index in [9.17, 15) is 18.0 Å². The Morgan fingerprint density at radius 2 is 2.05 bits per heavy atom. The third-order valence-corrected chi connectivity index (χ3v) is 3.89.